The van der Waals surface area contributed by atoms with Crippen molar-refractivity contribution < 1.29 is 13.2 Å². The summed E-state index contributed by atoms with van der Waals surface area (Å²) in [6, 6.07) is 7.51. The Hall–Kier alpha value is -1.71. The summed E-state index contributed by atoms with van der Waals surface area (Å²) < 4.78 is 39.0. The highest BCUT2D eigenvalue weighted by Crippen LogP contribution is 2.36. The molecule has 0 aliphatic carbocycles. The van der Waals surface area contributed by atoms with Crippen LogP contribution in [0.15, 0.2) is 24.3 Å². The predicted molar refractivity (Wildman–Crippen MR) is 63.3 cm³/mol. The van der Waals surface area contributed by atoms with E-state index in [-0.39, 0.29) is 10.7 Å². The molecule has 0 amide bonds. The standard InChI is InChI=1S/C11H4Cl2F3N3/c12-7-3-1-2-4-8(7)19-10(13)6(5-17)9(18-19)11(14,15)16/h1-4H. The van der Waals surface area contributed by atoms with Gasteiger partial charge in [0.25, 0.3) is 0 Å². The molecular formula is C11H4Cl2F3N3. The van der Waals surface area contributed by atoms with Crippen LogP contribution in [0.3, 0.4) is 0 Å². The zero-order chi connectivity index (χ0) is 14.2. The van der Waals surface area contributed by atoms with Crippen LogP contribution in [0.25, 0.3) is 5.69 Å². The van der Waals surface area contributed by atoms with Crippen molar-refractivity contribution in [1.82, 2.24) is 9.78 Å². The van der Waals surface area contributed by atoms with Crippen molar-refractivity contribution in [2.45, 2.75) is 6.18 Å². The number of hydrogen-bond donors (Lipinski definition) is 0. The Bertz CT molecular complexity index is 671. The number of para-hydroxylation sites is 1. The number of nitriles is 1. The Kier molecular flexibility index (Phi) is 3.43. The third kappa shape index (κ3) is 2.39. The first-order valence-corrected chi connectivity index (χ1v) is 5.62. The molecule has 0 N–H and O–H groups in total. The number of nitrogens with zero attached hydrogens (tertiary/aromatic N) is 3. The molecular weight excluding hydrogens is 302 g/mol. The fraction of sp³-hybridized carbons (Fsp3) is 0.0909. The molecule has 1 aromatic heterocycles. The highest BCUT2D eigenvalue weighted by atomic mass is 35.5. The van der Waals surface area contributed by atoms with Gasteiger partial charge in [0.15, 0.2) is 10.8 Å². The molecule has 2 aromatic rings. The molecule has 98 valence electrons. The number of alkyl halides is 3. The SMILES string of the molecule is N#Cc1c(C(F)(F)F)nn(-c2ccccc2Cl)c1Cl. The number of rotatable bonds is 1. The van der Waals surface area contributed by atoms with Crippen LogP contribution in [-0.2, 0) is 6.18 Å². The van der Waals surface area contributed by atoms with Gasteiger partial charge < -0.3 is 0 Å². The first kappa shape index (κ1) is 13.7. The van der Waals surface area contributed by atoms with Gasteiger partial charge in [-0.25, -0.2) is 4.68 Å². The predicted octanol–water partition coefficient (Wildman–Crippen LogP) is 4.07. The highest BCUT2D eigenvalue weighted by molar-refractivity contribution is 6.33. The topological polar surface area (TPSA) is 41.6 Å². The summed E-state index contributed by atoms with van der Waals surface area (Å²) in [5.41, 5.74) is -1.89. The van der Waals surface area contributed by atoms with E-state index in [1.807, 2.05) is 0 Å². The minimum atomic E-state index is -4.76. The van der Waals surface area contributed by atoms with E-state index < -0.39 is 22.6 Å². The summed E-state index contributed by atoms with van der Waals surface area (Å²) in [5.74, 6) is 0. The zero-order valence-corrected chi connectivity index (χ0v) is 10.6. The lowest BCUT2D eigenvalue weighted by molar-refractivity contribution is -0.141. The largest absolute Gasteiger partial charge is 0.436 e. The van der Waals surface area contributed by atoms with Gasteiger partial charge in [-0.2, -0.15) is 23.5 Å². The van der Waals surface area contributed by atoms with Crippen molar-refractivity contribution in [2.75, 3.05) is 0 Å². The van der Waals surface area contributed by atoms with E-state index in [0.29, 0.717) is 0 Å². The second kappa shape index (κ2) is 4.76. The maximum absolute atomic E-state index is 12.7. The van der Waals surface area contributed by atoms with Gasteiger partial charge >= 0.3 is 6.18 Å². The molecule has 0 unspecified atom stereocenters. The lowest BCUT2D eigenvalue weighted by atomic mass is 10.2. The minimum Gasteiger partial charge on any atom is -0.219 e. The summed E-state index contributed by atoms with van der Waals surface area (Å²) in [7, 11) is 0. The molecule has 0 fully saturated rings. The summed E-state index contributed by atoms with van der Waals surface area (Å²) in [6.07, 6.45) is -4.76. The van der Waals surface area contributed by atoms with Gasteiger partial charge in [0, 0.05) is 0 Å². The smallest absolute Gasteiger partial charge is 0.219 e. The van der Waals surface area contributed by atoms with E-state index >= 15 is 0 Å². The summed E-state index contributed by atoms with van der Waals surface area (Å²) >= 11 is 11.6. The van der Waals surface area contributed by atoms with Gasteiger partial charge in [-0.1, -0.05) is 35.3 Å². The van der Waals surface area contributed by atoms with Crippen LogP contribution in [-0.4, -0.2) is 9.78 Å². The van der Waals surface area contributed by atoms with Crippen LogP contribution in [0.4, 0.5) is 13.2 Å². The Morgan fingerprint density at radius 2 is 1.84 bits per heavy atom. The van der Waals surface area contributed by atoms with Crippen molar-refractivity contribution >= 4 is 23.2 Å². The van der Waals surface area contributed by atoms with E-state index in [1.54, 1.807) is 12.1 Å². The van der Waals surface area contributed by atoms with Gasteiger partial charge in [0.05, 0.1) is 10.7 Å². The molecule has 8 heteroatoms. The Morgan fingerprint density at radius 3 is 2.32 bits per heavy atom. The van der Waals surface area contributed by atoms with E-state index in [2.05, 4.69) is 5.10 Å². The third-order valence-corrected chi connectivity index (χ3v) is 2.96. The lowest BCUT2D eigenvalue weighted by Crippen LogP contribution is -2.09. The molecule has 2 rings (SSSR count). The fourth-order valence-electron chi connectivity index (χ4n) is 1.48. The van der Waals surface area contributed by atoms with Crippen molar-refractivity contribution in [3.63, 3.8) is 0 Å². The average Bonchev–Trinajstić information content (AvgIpc) is 2.67. The maximum Gasteiger partial charge on any atom is 0.436 e. The van der Waals surface area contributed by atoms with Crippen molar-refractivity contribution in [3.8, 4) is 11.8 Å². The Morgan fingerprint density at radius 1 is 1.21 bits per heavy atom. The summed E-state index contributed by atoms with van der Waals surface area (Å²) in [6.45, 7) is 0. The molecule has 0 saturated heterocycles. The molecule has 19 heavy (non-hydrogen) atoms. The molecule has 3 nitrogen and oxygen atoms in total. The number of hydrogen-bond acceptors (Lipinski definition) is 2. The normalized spacial score (nSPS) is 11.4. The van der Waals surface area contributed by atoms with Gasteiger partial charge in [-0.15, -0.1) is 0 Å². The molecule has 0 aliphatic heterocycles. The quantitative estimate of drug-likeness (QED) is 0.797. The van der Waals surface area contributed by atoms with Gasteiger partial charge in [0.1, 0.15) is 11.6 Å². The van der Waals surface area contributed by atoms with Crippen LogP contribution < -0.4 is 0 Å². The second-order valence-electron chi connectivity index (χ2n) is 3.49. The van der Waals surface area contributed by atoms with Crippen LogP contribution in [0.1, 0.15) is 11.3 Å². The molecule has 0 bridgehead atoms. The van der Waals surface area contributed by atoms with Gasteiger partial charge in [-0.3, -0.25) is 0 Å². The van der Waals surface area contributed by atoms with E-state index in [0.717, 1.165) is 4.68 Å². The molecule has 0 radical (unpaired) electrons. The van der Waals surface area contributed by atoms with E-state index in [1.165, 1.54) is 18.2 Å². The highest BCUT2D eigenvalue weighted by Gasteiger charge is 2.39. The third-order valence-electron chi connectivity index (χ3n) is 2.29. The molecule has 0 spiro atoms. The van der Waals surface area contributed by atoms with Crippen molar-refractivity contribution in [3.05, 3.63) is 45.7 Å². The fourth-order valence-corrected chi connectivity index (χ4v) is 1.95. The number of halogens is 5. The second-order valence-corrected chi connectivity index (χ2v) is 4.25. The summed E-state index contributed by atoms with van der Waals surface area (Å²) in [4.78, 5) is 0. The van der Waals surface area contributed by atoms with Crippen LogP contribution in [0, 0.1) is 11.3 Å². The average molecular weight is 306 g/mol. The number of benzene rings is 1. The number of aromatic nitrogens is 2. The molecule has 1 aromatic carbocycles. The van der Waals surface area contributed by atoms with Gasteiger partial charge in [0.2, 0.25) is 0 Å². The van der Waals surface area contributed by atoms with E-state index in [4.69, 9.17) is 28.5 Å². The Balaban J connectivity index is 2.72. The van der Waals surface area contributed by atoms with Crippen LogP contribution in [0.5, 0.6) is 0 Å². The monoisotopic (exact) mass is 305 g/mol. The molecule has 0 saturated carbocycles. The molecule has 0 atom stereocenters. The molecule has 1 heterocycles. The lowest BCUT2D eigenvalue weighted by Gasteiger charge is -2.05. The first-order valence-electron chi connectivity index (χ1n) is 4.87. The zero-order valence-electron chi connectivity index (χ0n) is 9.04. The van der Waals surface area contributed by atoms with E-state index in [9.17, 15) is 13.2 Å². The van der Waals surface area contributed by atoms with Crippen LogP contribution in [0.2, 0.25) is 10.2 Å². The van der Waals surface area contributed by atoms with Crippen LogP contribution >= 0.6 is 23.2 Å². The first-order chi connectivity index (χ1) is 8.86. The minimum absolute atomic E-state index is 0.168. The van der Waals surface area contributed by atoms with Crippen molar-refractivity contribution in [2.24, 2.45) is 0 Å². The van der Waals surface area contributed by atoms with Crippen molar-refractivity contribution in [1.29, 1.82) is 5.26 Å². The summed E-state index contributed by atoms with van der Waals surface area (Å²) in [5, 5.41) is 11.9. The van der Waals surface area contributed by atoms with Gasteiger partial charge in [-0.05, 0) is 12.1 Å². The molecule has 0 aliphatic rings. The maximum atomic E-state index is 12.7. The Labute approximate surface area is 115 Å².